The minimum Gasteiger partial charge on any atom is -0.507 e. The number of aromatic nitrogens is 3. The molecule has 8 N–H and O–H groups in total. The Morgan fingerprint density at radius 1 is 0.805 bits per heavy atom. The van der Waals surface area contributed by atoms with Crippen LogP contribution in [0.4, 0.5) is 22.7 Å². The molecule has 13 heteroatoms. The highest BCUT2D eigenvalue weighted by Gasteiger charge is 2.17. The molecule has 0 spiro atoms. The quantitative estimate of drug-likeness (QED) is 0.0493. The van der Waals surface area contributed by atoms with E-state index in [1.807, 2.05) is 0 Å². The third-order valence-electron chi connectivity index (χ3n) is 6.11. The number of fused-ring (bicyclic) bond motifs is 1. The Kier molecular flexibility index (Phi) is 6.99. The Labute approximate surface area is 231 Å². The van der Waals surface area contributed by atoms with Crippen molar-refractivity contribution in [1.82, 2.24) is 15.4 Å². The third-order valence-corrected chi connectivity index (χ3v) is 6.11. The molecular formula is C28H22N8O5. The lowest BCUT2D eigenvalue weighted by Crippen LogP contribution is -2.13. The number of aromatic hydroxyl groups is 2. The van der Waals surface area contributed by atoms with Gasteiger partial charge in [0.2, 0.25) is 0 Å². The number of hydrazone groups is 1. The van der Waals surface area contributed by atoms with Crippen molar-refractivity contribution in [2.75, 3.05) is 21.8 Å². The van der Waals surface area contributed by atoms with Gasteiger partial charge in [-0.3, -0.25) is 24.9 Å². The number of nitrogen functional groups attached to an aromatic ring is 1. The molecule has 2 amide bonds. The van der Waals surface area contributed by atoms with Crippen LogP contribution in [0.25, 0.3) is 11.0 Å². The van der Waals surface area contributed by atoms with Crippen LogP contribution in [0.15, 0.2) is 77.9 Å². The van der Waals surface area contributed by atoms with Gasteiger partial charge >= 0.3 is 0 Å². The number of phenols is 2. The second kappa shape index (κ2) is 10.9. The number of aromatic amines is 1. The fourth-order valence-corrected chi connectivity index (χ4v) is 4.01. The lowest BCUT2D eigenvalue weighted by Gasteiger charge is -2.11. The standard InChI is InChI=1S/C28H22N8O5/c1-30-33-21-10-18(24(37)12-20(21)29)27(40)31-16-6-2-14(3-7-16)26(39)15-4-8-17(9-5-15)32-28(41)19-11-22-23(13-25(19)38)35-36-34-22/h2-13,33,37-38H,1,29H2,(H,31,40)(H,32,41)(H,34,35,36). The highest BCUT2D eigenvalue weighted by molar-refractivity contribution is 6.11. The van der Waals surface area contributed by atoms with Gasteiger partial charge in [-0.25, -0.2) is 0 Å². The third kappa shape index (κ3) is 5.49. The molecule has 0 atom stereocenters. The second-order valence-corrected chi connectivity index (χ2v) is 8.82. The number of benzene rings is 4. The van der Waals surface area contributed by atoms with Crippen molar-refractivity contribution in [2.45, 2.75) is 0 Å². The normalized spacial score (nSPS) is 10.6. The molecule has 0 aliphatic heterocycles. The molecule has 4 aromatic carbocycles. The van der Waals surface area contributed by atoms with Gasteiger partial charge in [0, 0.05) is 41.4 Å². The first kappa shape index (κ1) is 26.4. The van der Waals surface area contributed by atoms with Crippen LogP contribution in [-0.2, 0) is 0 Å². The van der Waals surface area contributed by atoms with Gasteiger partial charge in [-0.15, -0.1) is 5.10 Å². The van der Waals surface area contributed by atoms with E-state index in [9.17, 15) is 24.6 Å². The van der Waals surface area contributed by atoms with Crippen molar-refractivity contribution in [3.8, 4) is 11.5 Å². The molecule has 0 fully saturated rings. The van der Waals surface area contributed by atoms with Crippen LogP contribution in [-0.4, -0.2) is 49.9 Å². The summed E-state index contributed by atoms with van der Waals surface area (Å²) in [7, 11) is 0. The lowest BCUT2D eigenvalue weighted by molar-refractivity contribution is 0.101. The van der Waals surface area contributed by atoms with Gasteiger partial charge in [0.15, 0.2) is 5.78 Å². The van der Waals surface area contributed by atoms with Gasteiger partial charge in [-0.05, 0) is 60.7 Å². The Hall–Kier alpha value is -6.24. The highest BCUT2D eigenvalue weighted by atomic mass is 16.3. The molecule has 0 radical (unpaired) electrons. The minimum atomic E-state index is -0.596. The fraction of sp³-hybridized carbons (Fsp3) is 0. The predicted octanol–water partition coefficient (Wildman–Crippen LogP) is 3.71. The molecule has 1 aromatic heterocycles. The number of carbonyl (C=O) groups is 3. The first-order valence-corrected chi connectivity index (χ1v) is 12.0. The summed E-state index contributed by atoms with van der Waals surface area (Å²) < 4.78 is 0. The number of anilines is 4. The van der Waals surface area contributed by atoms with Crippen molar-refractivity contribution in [3.63, 3.8) is 0 Å². The van der Waals surface area contributed by atoms with E-state index in [-0.39, 0.29) is 34.1 Å². The molecule has 41 heavy (non-hydrogen) atoms. The average molecular weight is 551 g/mol. The molecule has 5 aromatic rings. The molecule has 0 bridgehead atoms. The number of rotatable bonds is 8. The summed E-state index contributed by atoms with van der Waals surface area (Å²) in [6.07, 6.45) is 0. The summed E-state index contributed by atoms with van der Waals surface area (Å²) >= 11 is 0. The molecule has 1 heterocycles. The Morgan fingerprint density at radius 3 is 1.90 bits per heavy atom. The summed E-state index contributed by atoms with van der Waals surface area (Å²) in [6, 6.07) is 17.8. The average Bonchev–Trinajstić information content (AvgIpc) is 3.41. The van der Waals surface area contributed by atoms with E-state index in [0.29, 0.717) is 39.2 Å². The van der Waals surface area contributed by atoms with Crippen LogP contribution in [0.5, 0.6) is 11.5 Å². The van der Waals surface area contributed by atoms with E-state index in [1.165, 1.54) is 24.3 Å². The van der Waals surface area contributed by atoms with Gasteiger partial charge in [-0.1, -0.05) is 5.21 Å². The summed E-state index contributed by atoms with van der Waals surface area (Å²) in [6.45, 7) is 3.31. The zero-order valence-electron chi connectivity index (χ0n) is 21.2. The van der Waals surface area contributed by atoms with Gasteiger partial charge in [0.05, 0.1) is 28.0 Å². The zero-order chi connectivity index (χ0) is 29.1. The maximum absolute atomic E-state index is 13.0. The topological polar surface area (TPSA) is 208 Å². The molecule has 0 aliphatic carbocycles. The summed E-state index contributed by atoms with van der Waals surface area (Å²) in [4.78, 5) is 38.4. The van der Waals surface area contributed by atoms with Gasteiger partial charge in [0.1, 0.15) is 17.0 Å². The summed E-state index contributed by atoms with van der Waals surface area (Å²) in [5.41, 5.74) is 11.3. The lowest BCUT2D eigenvalue weighted by atomic mass is 10.0. The van der Waals surface area contributed by atoms with E-state index < -0.39 is 11.8 Å². The number of H-pyrrole nitrogens is 1. The van der Waals surface area contributed by atoms with Crippen LogP contribution in [0.1, 0.15) is 36.6 Å². The monoisotopic (exact) mass is 550 g/mol. The van der Waals surface area contributed by atoms with E-state index >= 15 is 0 Å². The first-order chi connectivity index (χ1) is 19.7. The molecule has 0 saturated carbocycles. The second-order valence-electron chi connectivity index (χ2n) is 8.82. The number of nitrogens with two attached hydrogens (primary N) is 1. The highest BCUT2D eigenvalue weighted by Crippen LogP contribution is 2.29. The molecule has 204 valence electrons. The molecule has 0 saturated heterocycles. The van der Waals surface area contributed by atoms with Crippen LogP contribution >= 0.6 is 0 Å². The Morgan fingerprint density at radius 2 is 1.34 bits per heavy atom. The number of carbonyl (C=O) groups excluding carboxylic acids is 3. The van der Waals surface area contributed by atoms with Crippen LogP contribution in [0, 0.1) is 0 Å². The van der Waals surface area contributed by atoms with Crippen LogP contribution in [0.3, 0.4) is 0 Å². The summed E-state index contributed by atoms with van der Waals surface area (Å²) in [5, 5.41) is 39.2. The molecular weight excluding hydrogens is 528 g/mol. The minimum absolute atomic E-state index is 0.0354. The van der Waals surface area contributed by atoms with E-state index in [1.54, 1.807) is 48.5 Å². The van der Waals surface area contributed by atoms with Gasteiger partial charge in [-0.2, -0.15) is 5.10 Å². The number of amides is 2. The van der Waals surface area contributed by atoms with Crippen molar-refractivity contribution in [2.24, 2.45) is 5.10 Å². The van der Waals surface area contributed by atoms with Crippen molar-refractivity contribution >= 4 is 58.1 Å². The van der Waals surface area contributed by atoms with Gasteiger partial charge in [0.25, 0.3) is 11.8 Å². The number of hydrogen-bond donors (Lipinski definition) is 7. The summed E-state index contributed by atoms with van der Waals surface area (Å²) in [5.74, 6) is -1.98. The smallest absolute Gasteiger partial charge is 0.259 e. The number of ketones is 1. The molecule has 13 nitrogen and oxygen atoms in total. The van der Waals surface area contributed by atoms with E-state index in [4.69, 9.17) is 5.73 Å². The number of phenolic OH excluding ortho intramolecular Hbond substituents is 2. The number of nitrogens with zero attached hydrogens (tertiary/aromatic N) is 3. The van der Waals surface area contributed by atoms with Crippen LogP contribution < -0.4 is 21.8 Å². The van der Waals surface area contributed by atoms with Gasteiger partial charge < -0.3 is 26.6 Å². The molecule has 0 aliphatic rings. The molecule has 5 rings (SSSR count). The predicted molar refractivity (Wildman–Crippen MR) is 153 cm³/mol. The maximum Gasteiger partial charge on any atom is 0.259 e. The molecule has 0 unspecified atom stereocenters. The Bertz CT molecular complexity index is 1810. The van der Waals surface area contributed by atoms with E-state index in [0.717, 1.165) is 0 Å². The SMILES string of the molecule is C=NNc1cc(C(=O)Nc2ccc(C(=O)c3ccc(NC(=O)c4cc5[nH]nnc5cc4O)cc3)cc2)c(O)cc1N. The Balaban J connectivity index is 1.24. The zero-order valence-corrected chi connectivity index (χ0v) is 21.2. The van der Waals surface area contributed by atoms with E-state index in [2.05, 4.69) is 43.3 Å². The maximum atomic E-state index is 13.0. The van der Waals surface area contributed by atoms with Crippen molar-refractivity contribution in [1.29, 1.82) is 0 Å². The number of hydrogen-bond acceptors (Lipinski definition) is 10. The number of nitrogens with one attached hydrogen (secondary N) is 4. The largest absolute Gasteiger partial charge is 0.507 e. The van der Waals surface area contributed by atoms with Crippen LogP contribution in [0.2, 0.25) is 0 Å². The fourth-order valence-electron chi connectivity index (χ4n) is 4.01. The van der Waals surface area contributed by atoms with Crippen molar-refractivity contribution in [3.05, 3.63) is 95.1 Å². The van der Waals surface area contributed by atoms with Crippen molar-refractivity contribution < 1.29 is 24.6 Å². The first-order valence-electron chi connectivity index (χ1n) is 12.0.